The molecule has 0 bridgehead atoms. The fraction of sp³-hybridized carbons (Fsp3) is 0. The van der Waals surface area contributed by atoms with Gasteiger partial charge in [0.15, 0.2) is 5.65 Å². The molecule has 4 aromatic rings. The largest absolute Gasteiger partial charge is 0.472 e. The number of fused-ring (bicyclic) bond motifs is 1. The van der Waals surface area contributed by atoms with E-state index in [4.69, 9.17) is 8.94 Å². The van der Waals surface area contributed by atoms with Crippen molar-refractivity contribution in [1.29, 1.82) is 0 Å². The Hall–Kier alpha value is -2.96. The van der Waals surface area contributed by atoms with E-state index < -0.39 is 0 Å². The molecule has 0 fully saturated rings. The summed E-state index contributed by atoms with van der Waals surface area (Å²) in [6.07, 6.45) is 6.58. The van der Waals surface area contributed by atoms with Crippen LogP contribution in [0.5, 0.6) is 0 Å². The van der Waals surface area contributed by atoms with Crippen LogP contribution < -0.4 is 0 Å². The summed E-state index contributed by atoms with van der Waals surface area (Å²) in [6.45, 7) is 0. The summed E-state index contributed by atoms with van der Waals surface area (Å²) in [6, 6.07) is 5.48. The Labute approximate surface area is 106 Å². The highest BCUT2D eigenvalue weighted by molar-refractivity contribution is 5.60. The number of furan rings is 1. The molecule has 0 aliphatic carbocycles. The second kappa shape index (κ2) is 3.77. The summed E-state index contributed by atoms with van der Waals surface area (Å²) in [5.74, 6) is 0.930. The highest BCUT2D eigenvalue weighted by atomic mass is 16.5. The van der Waals surface area contributed by atoms with E-state index in [1.54, 1.807) is 29.3 Å². The molecule has 0 atom stereocenters. The van der Waals surface area contributed by atoms with Gasteiger partial charge in [0, 0.05) is 11.8 Å². The molecule has 0 aliphatic rings. The van der Waals surface area contributed by atoms with Crippen LogP contribution in [-0.4, -0.2) is 24.7 Å². The van der Waals surface area contributed by atoms with Crippen LogP contribution in [0, 0.1) is 0 Å². The Bertz CT molecular complexity index is 831. The van der Waals surface area contributed by atoms with Gasteiger partial charge in [-0.25, -0.2) is 0 Å². The molecule has 19 heavy (non-hydrogen) atoms. The van der Waals surface area contributed by atoms with Crippen LogP contribution in [0.25, 0.3) is 28.5 Å². The van der Waals surface area contributed by atoms with Crippen molar-refractivity contribution in [1.82, 2.24) is 24.7 Å². The van der Waals surface area contributed by atoms with E-state index in [0.717, 1.165) is 16.8 Å². The molecule has 0 unspecified atom stereocenters. The van der Waals surface area contributed by atoms with Gasteiger partial charge >= 0.3 is 0 Å². The van der Waals surface area contributed by atoms with Crippen LogP contribution in [0.15, 0.2) is 52.2 Å². The molecule has 7 heteroatoms. The Morgan fingerprint density at radius 1 is 1.11 bits per heavy atom. The number of nitrogens with zero attached hydrogens (tertiary/aromatic N) is 5. The molecule has 0 saturated heterocycles. The lowest BCUT2D eigenvalue weighted by molar-refractivity contribution is 0.431. The van der Waals surface area contributed by atoms with Gasteiger partial charge in [0.1, 0.15) is 12.6 Å². The summed E-state index contributed by atoms with van der Waals surface area (Å²) >= 11 is 0. The maximum Gasteiger partial charge on any atom is 0.261 e. The first-order valence-electron chi connectivity index (χ1n) is 5.56. The normalized spacial score (nSPS) is 11.2. The smallest absolute Gasteiger partial charge is 0.261 e. The molecule has 0 spiro atoms. The molecule has 4 rings (SSSR count). The van der Waals surface area contributed by atoms with Gasteiger partial charge in [0.25, 0.3) is 5.89 Å². The first kappa shape index (κ1) is 10.0. The fourth-order valence-corrected chi connectivity index (χ4v) is 1.80. The van der Waals surface area contributed by atoms with Gasteiger partial charge in [-0.2, -0.15) is 4.98 Å². The molecule has 92 valence electrons. The van der Waals surface area contributed by atoms with Crippen LogP contribution in [-0.2, 0) is 0 Å². The van der Waals surface area contributed by atoms with E-state index in [1.165, 1.54) is 0 Å². The lowest BCUT2D eigenvalue weighted by Gasteiger charge is -1.95. The number of hydrogen-bond donors (Lipinski definition) is 0. The standard InChI is InChI=1S/C12H7N5O2/c1-2-10-15-13-7-17(10)5-8(1)11-14-12(19-16-11)9-3-4-18-6-9/h1-7H. The maximum absolute atomic E-state index is 5.20. The third kappa shape index (κ3) is 1.60. The predicted molar refractivity (Wildman–Crippen MR) is 64.0 cm³/mol. The number of pyridine rings is 1. The summed E-state index contributed by atoms with van der Waals surface area (Å²) in [5.41, 5.74) is 2.34. The highest BCUT2D eigenvalue weighted by Crippen LogP contribution is 2.22. The fourth-order valence-electron chi connectivity index (χ4n) is 1.80. The van der Waals surface area contributed by atoms with E-state index in [0.29, 0.717) is 11.7 Å². The molecule has 0 aromatic carbocycles. The van der Waals surface area contributed by atoms with Gasteiger partial charge in [-0.1, -0.05) is 5.16 Å². The van der Waals surface area contributed by atoms with Gasteiger partial charge in [0.05, 0.1) is 11.8 Å². The molecular formula is C12H7N5O2. The quantitative estimate of drug-likeness (QED) is 0.543. The van der Waals surface area contributed by atoms with Crippen molar-refractivity contribution < 1.29 is 8.94 Å². The van der Waals surface area contributed by atoms with Crippen molar-refractivity contribution in [2.24, 2.45) is 0 Å². The Morgan fingerprint density at radius 2 is 2.11 bits per heavy atom. The SMILES string of the molecule is c1cc(-c2nc(-c3ccc4nncn4c3)no2)co1. The van der Waals surface area contributed by atoms with Crippen molar-refractivity contribution in [3.8, 4) is 22.8 Å². The van der Waals surface area contributed by atoms with Gasteiger partial charge in [-0.15, -0.1) is 10.2 Å². The lowest BCUT2D eigenvalue weighted by atomic mass is 10.2. The zero-order chi connectivity index (χ0) is 12.7. The number of hydrogen-bond acceptors (Lipinski definition) is 6. The van der Waals surface area contributed by atoms with Crippen molar-refractivity contribution in [3.63, 3.8) is 0 Å². The van der Waals surface area contributed by atoms with Crippen molar-refractivity contribution >= 4 is 5.65 Å². The first-order chi connectivity index (χ1) is 9.40. The third-order valence-electron chi connectivity index (χ3n) is 2.74. The number of aromatic nitrogens is 5. The second-order valence-corrected chi connectivity index (χ2v) is 3.95. The lowest BCUT2D eigenvalue weighted by Crippen LogP contribution is -1.87. The average molecular weight is 253 g/mol. The van der Waals surface area contributed by atoms with Crippen LogP contribution in [0.1, 0.15) is 0 Å². The van der Waals surface area contributed by atoms with Crippen LogP contribution in [0.3, 0.4) is 0 Å². The summed E-state index contributed by atoms with van der Waals surface area (Å²) in [4.78, 5) is 4.32. The zero-order valence-electron chi connectivity index (χ0n) is 9.59. The molecule has 0 amide bonds. The number of rotatable bonds is 2. The monoisotopic (exact) mass is 253 g/mol. The van der Waals surface area contributed by atoms with Crippen molar-refractivity contribution in [2.75, 3.05) is 0 Å². The van der Waals surface area contributed by atoms with Gasteiger partial charge in [0.2, 0.25) is 5.82 Å². The first-order valence-corrected chi connectivity index (χ1v) is 5.56. The van der Waals surface area contributed by atoms with Crippen LogP contribution in [0.4, 0.5) is 0 Å². The average Bonchev–Trinajstić information content (AvgIpc) is 3.18. The molecule has 4 heterocycles. The minimum atomic E-state index is 0.424. The Kier molecular flexibility index (Phi) is 1.99. The summed E-state index contributed by atoms with van der Waals surface area (Å²) in [7, 11) is 0. The Morgan fingerprint density at radius 3 is 3.00 bits per heavy atom. The van der Waals surface area contributed by atoms with Gasteiger partial charge < -0.3 is 8.94 Å². The molecular weight excluding hydrogens is 246 g/mol. The minimum absolute atomic E-state index is 0.424. The molecule has 0 saturated carbocycles. The molecule has 0 N–H and O–H groups in total. The molecule has 4 aromatic heterocycles. The van der Waals surface area contributed by atoms with Crippen molar-refractivity contribution in [3.05, 3.63) is 43.2 Å². The van der Waals surface area contributed by atoms with Gasteiger partial charge in [-0.3, -0.25) is 4.40 Å². The molecule has 7 nitrogen and oxygen atoms in total. The van der Waals surface area contributed by atoms with E-state index in [-0.39, 0.29) is 0 Å². The predicted octanol–water partition coefficient (Wildman–Crippen LogP) is 2.04. The van der Waals surface area contributed by atoms with E-state index >= 15 is 0 Å². The minimum Gasteiger partial charge on any atom is -0.472 e. The third-order valence-corrected chi connectivity index (χ3v) is 2.74. The van der Waals surface area contributed by atoms with Gasteiger partial charge in [-0.05, 0) is 18.2 Å². The maximum atomic E-state index is 5.20. The molecule has 0 aliphatic heterocycles. The summed E-state index contributed by atoms with van der Waals surface area (Å²) in [5, 5.41) is 11.7. The zero-order valence-corrected chi connectivity index (χ0v) is 9.59. The molecule has 0 radical (unpaired) electrons. The van der Waals surface area contributed by atoms with Crippen LogP contribution >= 0.6 is 0 Å². The van der Waals surface area contributed by atoms with E-state index in [9.17, 15) is 0 Å². The van der Waals surface area contributed by atoms with Crippen LogP contribution in [0.2, 0.25) is 0 Å². The topological polar surface area (TPSA) is 82.2 Å². The van der Waals surface area contributed by atoms with E-state index in [1.807, 2.05) is 18.3 Å². The Balaban J connectivity index is 1.79. The van der Waals surface area contributed by atoms with E-state index in [2.05, 4.69) is 20.3 Å². The highest BCUT2D eigenvalue weighted by Gasteiger charge is 2.12. The second-order valence-electron chi connectivity index (χ2n) is 3.95. The summed E-state index contributed by atoms with van der Waals surface area (Å²) < 4.78 is 12.0. The van der Waals surface area contributed by atoms with Crippen molar-refractivity contribution in [2.45, 2.75) is 0 Å².